The molecule has 0 saturated carbocycles. The van der Waals surface area contributed by atoms with Gasteiger partial charge in [-0.15, -0.1) is 0 Å². The van der Waals surface area contributed by atoms with Gasteiger partial charge in [0.25, 0.3) is 0 Å². The second-order valence-corrected chi connectivity index (χ2v) is 11.6. The number of hydrogen-bond donors (Lipinski definition) is 0. The van der Waals surface area contributed by atoms with Gasteiger partial charge in [0.2, 0.25) is 0 Å². The first-order valence-electron chi connectivity index (χ1n) is 10.5. The minimum absolute atomic E-state index is 0.0975. The van der Waals surface area contributed by atoms with Gasteiger partial charge in [-0.1, -0.05) is 36.4 Å². The maximum atomic E-state index is 11.8. The second kappa shape index (κ2) is 12.3. The SMILES string of the molecule is CC(C)(C)OC(=O)COc1ccc([S+](c2ccccc2)c2ccccc2)cc1.O=S(=O)([O-])C(F)(F)F. The number of halogens is 3. The summed E-state index contributed by atoms with van der Waals surface area (Å²) >= 11 is 0. The van der Waals surface area contributed by atoms with Gasteiger partial charge in [0.15, 0.2) is 31.4 Å². The van der Waals surface area contributed by atoms with Crippen LogP contribution in [0.1, 0.15) is 20.8 Å². The molecule has 0 amide bonds. The van der Waals surface area contributed by atoms with Crippen molar-refractivity contribution in [2.24, 2.45) is 0 Å². The highest BCUT2D eigenvalue weighted by Crippen LogP contribution is 2.31. The first-order chi connectivity index (χ1) is 16.7. The summed E-state index contributed by atoms with van der Waals surface area (Å²) < 4.78 is 69.8. The molecule has 0 aromatic heterocycles. The fourth-order valence-corrected chi connectivity index (χ4v) is 4.79. The zero-order valence-electron chi connectivity index (χ0n) is 19.7. The minimum Gasteiger partial charge on any atom is -0.741 e. The lowest BCUT2D eigenvalue weighted by atomic mass is 10.2. The Kier molecular flexibility index (Phi) is 9.97. The first kappa shape index (κ1) is 29.2. The van der Waals surface area contributed by atoms with Crippen molar-refractivity contribution in [2.75, 3.05) is 6.61 Å². The number of hydrogen-bond acceptors (Lipinski definition) is 6. The Balaban J connectivity index is 0.000000493. The van der Waals surface area contributed by atoms with E-state index in [0.717, 1.165) is 0 Å². The molecule has 0 atom stereocenters. The lowest BCUT2D eigenvalue weighted by molar-refractivity contribution is -0.157. The molecule has 11 heteroatoms. The Morgan fingerprint density at radius 1 is 0.806 bits per heavy atom. The van der Waals surface area contributed by atoms with E-state index in [9.17, 15) is 18.0 Å². The summed E-state index contributed by atoms with van der Waals surface area (Å²) in [4.78, 5) is 15.5. The molecule has 3 aromatic rings. The third-order valence-electron chi connectivity index (χ3n) is 4.08. The molecule has 0 aliphatic heterocycles. The fourth-order valence-electron chi connectivity index (χ4n) is 2.71. The Morgan fingerprint density at radius 3 is 1.56 bits per heavy atom. The summed E-state index contributed by atoms with van der Waals surface area (Å²) in [6, 6.07) is 28.9. The molecule has 36 heavy (non-hydrogen) atoms. The molecule has 0 aliphatic carbocycles. The van der Waals surface area contributed by atoms with Crippen molar-refractivity contribution in [3.05, 3.63) is 84.9 Å². The molecule has 0 N–H and O–H groups in total. The average molecular weight is 543 g/mol. The maximum absolute atomic E-state index is 11.8. The predicted molar refractivity (Wildman–Crippen MR) is 129 cm³/mol. The summed E-state index contributed by atoms with van der Waals surface area (Å²) in [6.45, 7) is 5.43. The molecule has 0 saturated heterocycles. The largest absolute Gasteiger partial charge is 0.741 e. The lowest BCUT2D eigenvalue weighted by Gasteiger charge is -2.19. The molecular weight excluding hydrogens is 517 g/mol. The molecule has 0 spiro atoms. The van der Waals surface area contributed by atoms with Crippen molar-refractivity contribution in [2.45, 2.75) is 46.6 Å². The van der Waals surface area contributed by atoms with Crippen LogP contribution in [-0.2, 0) is 30.5 Å². The first-order valence-corrected chi connectivity index (χ1v) is 13.1. The van der Waals surface area contributed by atoms with E-state index >= 15 is 0 Å². The number of ether oxygens (including phenoxy) is 2. The molecule has 0 fully saturated rings. The van der Waals surface area contributed by atoms with Crippen LogP contribution in [0.2, 0.25) is 0 Å². The minimum atomic E-state index is -6.09. The van der Waals surface area contributed by atoms with Gasteiger partial charge in [0, 0.05) is 0 Å². The monoisotopic (exact) mass is 542 g/mol. The van der Waals surface area contributed by atoms with E-state index in [2.05, 4.69) is 60.7 Å². The molecule has 6 nitrogen and oxygen atoms in total. The van der Waals surface area contributed by atoms with Gasteiger partial charge in [-0.3, -0.25) is 0 Å². The molecule has 3 aromatic carbocycles. The van der Waals surface area contributed by atoms with Crippen LogP contribution >= 0.6 is 0 Å². The van der Waals surface area contributed by atoms with Crippen LogP contribution in [0, 0.1) is 0 Å². The number of benzene rings is 3. The van der Waals surface area contributed by atoms with Crippen LogP contribution < -0.4 is 4.74 Å². The molecular formula is C25H25F3O6S2. The predicted octanol–water partition coefficient (Wildman–Crippen LogP) is 5.55. The van der Waals surface area contributed by atoms with Gasteiger partial charge in [-0.25, -0.2) is 13.2 Å². The second-order valence-electron chi connectivity index (χ2n) is 8.18. The fraction of sp³-hybridized carbons (Fsp3) is 0.240. The zero-order valence-corrected chi connectivity index (χ0v) is 21.3. The van der Waals surface area contributed by atoms with Crippen molar-refractivity contribution in [1.29, 1.82) is 0 Å². The number of alkyl halides is 3. The van der Waals surface area contributed by atoms with Crippen molar-refractivity contribution in [3.63, 3.8) is 0 Å². The topological polar surface area (TPSA) is 92.7 Å². The smallest absolute Gasteiger partial charge is 0.485 e. The quantitative estimate of drug-likeness (QED) is 0.175. The third-order valence-corrected chi connectivity index (χ3v) is 6.88. The zero-order chi connectivity index (χ0) is 27.0. The Morgan fingerprint density at radius 2 is 1.19 bits per heavy atom. The normalized spacial score (nSPS) is 11.9. The Labute approximate surface area is 211 Å². The van der Waals surface area contributed by atoms with Gasteiger partial charge in [-0.2, -0.15) is 13.2 Å². The van der Waals surface area contributed by atoms with Gasteiger partial charge >= 0.3 is 11.5 Å². The molecule has 0 radical (unpaired) electrons. The molecule has 0 aliphatic rings. The number of rotatable bonds is 6. The molecule has 0 unspecified atom stereocenters. The van der Waals surface area contributed by atoms with Gasteiger partial charge in [0.05, 0.1) is 10.9 Å². The maximum Gasteiger partial charge on any atom is 0.485 e. The number of esters is 1. The van der Waals surface area contributed by atoms with Gasteiger partial charge < -0.3 is 14.0 Å². The third kappa shape index (κ3) is 9.56. The highest BCUT2D eigenvalue weighted by Gasteiger charge is 2.37. The van der Waals surface area contributed by atoms with Crippen molar-refractivity contribution in [3.8, 4) is 5.75 Å². The van der Waals surface area contributed by atoms with E-state index in [1.54, 1.807) is 0 Å². The Hall–Kier alpha value is -3.02. The summed E-state index contributed by atoms with van der Waals surface area (Å²) in [7, 11) is -6.29. The molecule has 3 rings (SSSR count). The van der Waals surface area contributed by atoms with E-state index in [1.807, 2.05) is 45.0 Å². The van der Waals surface area contributed by atoms with E-state index in [0.29, 0.717) is 5.75 Å². The van der Waals surface area contributed by atoms with Crippen LogP contribution in [0.25, 0.3) is 0 Å². The van der Waals surface area contributed by atoms with Crippen LogP contribution in [-0.4, -0.2) is 36.7 Å². The molecule has 194 valence electrons. The summed E-state index contributed by atoms with van der Waals surface area (Å²) in [5, 5.41) is 0. The standard InChI is InChI=1S/C24H25O3S.CHF3O3S/c1-24(2,3)27-23(25)18-26-19-14-16-22(17-15-19)28(20-10-6-4-7-11-20)21-12-8-5-9-13-21;2-1(3,4)8(5,6)7/h4-17H,18H2,1-3H3;(H,5,6,7)/q+1;/p-1. The van der Waals surface area contributed by atoms with E-state index in [1.165, 1.54) is 14.7 Å². The van der Waals surface area contributed by atoms with E-state index in [-0.39, 0.29) is 23.5 Å². The molecule has 0 heterocycles. The van der Waals surface area contributed by atoms with E-state index < -0.39 is 21.2 Å². The average Bonchev–Trinajstić information content (AvgIpc) is 2.78. The summed E-state index contributed by atoms with van der Waals surface area (Å²) in [5.74, 6) is 0.282. The van der Waals surface area contributed by atoms with Crippen LogP contribution in [0.5, 0.6) is 5.75 Å². The van der Waals surface area contributed by atoms with Gasteiger partial charge in [-0.05, 0) is 69.3 Å². The number of carbonyl (C=O) groups excluding carboxylic acids is 1. The molecule has 0 bridgehead atoms. The van der Waals surface area contributed by atoms with Crippen LogP contribution in [0.15, 0.2) is 99.6 Å². The van der Waals surface area contributed by atoms with Crippen LogP contribution in [0.3, 0.4) is 0 Å². The van der Waals surface area contributed by atoms with Gasteiger partial charge in [0.1, 0.15) is 11.4 Å². The summed E-state index contributed by atoms with van der Waals surface area (Å²) in [5.41, 5.74) is -6.16. The van der Waals surface area contributed by atoms with Crippen LogP contribution in [0.4, 0.5) is 13.2 Å². The summed E-state index contributed by atoms with van der Waals surface area (Å²) in [6.07, 6.45) is 0. The highest BCUT2D eigenvalue weighted by molar-refractivity contribution is 7.97. The van der Waals surface area contributed by atoms with Crippen molar-refractivity contribution < 1.29 is 40.4 Å². The Bertz CT molecular complexity index is 1170. The lowest BCUT2D eigenvalue weighted by Crippen LogP contribution is -2.27. The highest BCUT2D eigenvalue weighted by atomic mass is 32.2. The van der Waals surface area contributed by atoms with Crippen molar-refractivity contribution >= 4 is 27.0 Å². The number of carbonyl (C=O) groups is 1. The van der Waals surface area contributed by atoms with Crippen molar-refractivity contribution in [1.82, 2.24) is 0 Å². The van der Waals surface area contributed by atoms with E-state index in [4.69, 9.17) is 22.4 Å².